The first-order chi connectivity index (χ1) is 7.26. The molecule has 2 heteroatoms. The molecule has 0 N–H and O–H groups in total. The average molecular weight is 238 g/mol. The Labute approximate surface area is 102 Å². The fraction of sp³-hybridized carbons (Fsp3) is 0.714. The predicted molar refractivity (Wildman–Crippen MR) is 74.2 cm³/mol. The van der Waals surface area contributed by atoms with Gasteiger partial charge in [-0.2, -0.15) is 0 Å². The van der Waals surface area contributed by atoms with Crippen molar-refractivity contribution in [1.82, 2.24) is 0 Å². The van der Waals surface area contributed by atoms with Crippen LogP contribution in [0.5, 0.6) is 0 Å². The maximum absolute atomic E-state index is 6.39. The van der Waals surface area contributed by atoms with Gasteiger partial charge in [-0.25, -0.2) is 0 Å². The summed E-state index contributed by atoms with van der Waals surface area (Å²) < 4.78 is 6.39. The van der Waals surface area contributed by atoms with Gasteiger partial charge in [0, 0.05) is 0 Å². The monoisotopic (exact) mass is 238 g/mol. The highest BCUT2D eigenvalue weighted by Gasteiger charge is 2.38. The van der Waals surface area contributed by atoms with Crippen molar-refractivity contribution < 1.29 is 4.43 Å². The van der Waals surface area contributed by atoms with Crippen LogP contribution in [0.4, 0.5) is 0 Å². The lowest BCUT2D eigenvalue weighted by Crippen LogP contribution is -2.43. The zero-order chi connectivity index (χ0) is 12.4. The summed E-state index contributed by atoms with van der Waals surface area (Å²) >= 11 is 0. The normalized spacial score (nSPS) is 22.8. The predicted octanol–water partition coefficient (Wildman–Crippen LogP) is 4.67. The Hall–Kier alpha value is -0.343. The molecule has 16 heavy (non-hydrogen) atoms. The van der Waals surface area contributed by atoms with Crippen molar-refractivity contribution in [2.24, 2.45) is 0 Å². The van der Waals surface area contributed by atoms with Crippen molar-refractivity contribution in [3.05, 3.63) is 24.3 Å². The summed E-state index contributed by atoms with van der Waals surface area (Å²) in [6.45, 7) is 15.4. The van der Waals surface area contributed by atoms with Crippen LogP contribution in [0.1, 0.15) is 40.0 Å². The van der Waals surface area contributed by atoms with E-state index < -0.39 is 8.32 Å². The zero-order valence-electron chi connectivity index (χ0n) is 11.5. The third-order valence-electron chi connectivity index (χ3n) is 3.87. The quantitative estimate of drug-likeness (QED) is 0.649. The third kappa shape index (κ3) is 3.32. The highest BCUT2D eigenvalue weighted by molar-refractivity contribution is 6.74. The van der Waals surface area contributed by atoms with Gasteiger partial charge in [0.05, 0.1) is 6.10 Å². The minimum atomic E-state index is -1.61. The van der Waals surface area contributed by atoms with Gasteiger partial charge in [-0.05, 0) is 37.4 Å². The molecule has 1 atom stereocenters. The summed E-state index contributed by atoms with van der Waals surface area (Å²) in [5, 5.41) is 0.298. The van der Waals surface area contributed by atoms with E-state index in [0.717, 1.165) is 0 Å². The van der Waals surface area contributed by atoms with Gasteiger partial charge in [-0.15, -0.1) is 0 Å². The molecule has 0 radical (unpaired) electrons. The molecule has 92 valence electrons. The van der Waals surface area contributed by atoms with Crippen molar-refractivity contribution in [2.75, 3.05) is 0 Å². The highest BCUT2D eigenvalue weighted by atomic mass is 28.4. The maximum atomic E-state index is 6.39. The van der Waals surface area contributed by atoms with E-state index in [2.05, 4.69) is 46.5 Å². The molecule has 1 rings (SSSR count). The molecule has 0 aliphatic heterocycles. The number of allylic oxidation sites excluding steroid dienone is 2. The van der Waals surface area contributed by atoms with Crippen LogP contribution in [-0.4, -0.2) is 14.4 Å². The summed E-state index contributed by atoms with van der Waals surface area (Å²) in [5.74, 6) is 0. The SMILES string of the molecule is C=CC1=CC(O[Si](C)(C)C(C)(C)C)CCC1. The molecule has 1 aliphatic rings. The van der Waals surface area contributed by atoms with Crippen molar-refractivity contribution in [2.45, 2.75) is 64.3 Å². The zero-order valence-corrected chi connectivity index (χ0v) is 12.5. The van der Waals surface area contributed by atoms with Gasteiger partial charge in [0.25, 0.3) is 0 Å². The van der Waals surface area contributed by atoms with E-state index in [0.29, 0.717) is 11.1 Å². The first kappa shape index (κ1) is 13.7. The van der Waals surface area contributed by atoms with Gasteiger partial charge < -0.3 is 4.43 Å². The molecule has 0 aromatic heterocycles. The van der Waals surface area contributed by atoms with Gasteiger partial charge in [0.1, 0.15) is 0 Å². The number of hydrogen-bond donors (Lipinski definition) is 0. The molecule has 0 fully saturated rings. The van der Waals surface area contributed by atoms with Crippen LogP contribution in [0.3, 0.4) is 0 Å². The van der Waals surface area contributed by atoms with Crippen LogP contribution in [0.15, 0.2) is 24.3 Å². The average Bonchev–Trinajstić information content (AvgIpc) is 2.15. The third-order valence-corrected chi connectivity index (χ3v) is 8.37. The first-order valence-corrected chi connectivity index (χ1v) is 9.18. The molecule has 0 aromatic rings. The van der Waals surface area contributed by atoms with Crippen LogP contribution in [0, 0.1) is 0 Å². The lowest BCUT2D eigenvalue weighted by atomic mass is 9.98. The molecule has 0 amide bonds. The topological polar surface area (TPSA) is 9.23 Å². The Morgan fingerprint density at radius 2 is 2.06 bits per heavy atom. The van der Waals surface area contributed by atoms with Gasteiger partial charge in [-0.1, -0.05) is 45.1 Å². The summed E-state index contributed by atoms with van der Waals surface area (Å²) in [7, 11) is -1.61. The van der Waals surface area contributed by atoms with E-state index in [4.69, 9.17) is 4.43 Å². The van der Waals surface area contributed by atoms with Crippen LogP contribution in [0.2, 0.25) is 18.1 Å². The molecular formula is C14H26OSi. The Bertz CT molecular complexity index is 284. The molecule has 0 saturated carbocycles. The van der Waals surface area contributed by atoms with Gasteiger partial charge >= 0.3 is 0 Å². The van der Waals surface area contributed by atoms with Crippen molar-refractivity contribution in [3.63, 3.8) is 0 Å². The summed E-state index contributed by atoms with van der Waals surface area (Å²) in [6.07, 6.45) is 8.14. The number of rotatable bonds is 3. The van der Waals surface area contributed by atoms with E-state index in [9.17, 15) is 0 Å². The lowest BCUT2D eigenvalue weighted by Gasteiger charge is -2.39. The molecule has 0 heterocycles. The fourth-order valence-electron chi connectivity index (χ4n) is 1.73. The van der Waals surface area contributed by atoms with Crippen molar-refractivity contribution in [1.29, 1.82) is 0 Å². The van der Waals surface area contributed by atoms with Crippen LogP contribution in [0.25, 0.3) is 0 Å². The standard InChI is InChI=1S/C14H26OSi/c1-7-12-9-8-10-13(11-12)15-16(5,6)14(2,3)4/h7,11,13H,1,8-10H2,2-6H3. The Morgan fingerprint density at radius 3 is 2.56 bits per heavy atom. The lowest BCUT2D eigenvalue weighted by molar-refractivity contribution is 0.206. The molecule has 0 aromatic carbocycles. The minimum absolute atomic E-state index is 0.298. The molecule has 1 nitrogen and oxygen atoms in total. The van der Waals surface area contributed by atoms with Crippen molar-refractivity contribution >= 4 is 8.32 Å². The Kier molecular flexibility index (Phi) is 4.19. The summed E-state index contributed by atoms with van der Waals surface area (Å²) in [4.78, 5) is 0. The highest BCUT2D eigenvalue weighted by Crippen LogP contribution is 2.38. The Balaban J connectivity index is 2.71. The van der Waals surface area contributed by atoms with E-state index >= 15 is 0 Å². The Morgan fingerprint density at radius 1 is 1.44 bits per heavy atom. The molecule has 0 bridgehead atoms. The van der Waals surface area contributed by atoms with E-state index in [1.54, 1.807) is 0 Å². The summed E-state index contributed by atoms with van der Waals surface area (Å²) in [5.41, 5.74) is 1.36. The smallest absolute Gasteiger partial charge is 0.192 e. The largest absolute Gasteiger partial charge is 0.411 e. The molecule has 1 aliphatic carbocycles. The fourth-order valence-corrected chi connectivity index (χ4v) is 3.03. The number of hydrogen-bond acceptors (Lipinski definition) is 1. The second kappa shape index (κ2) is 4.88. The van der Waals surface area contributed by atoms with E-state index in [1.807, 2.05) is 6.08 Å². The van der Waals surface area contributed by atoms with E-state index in [1.165, 1.54) is 24.8 Å². The summed E-state index contributed by atoms with van der Waals surface area (Å²) in [6, 6.07) is 0. The van der Waals surface area contributed by atoms with Crippen LogP contribution < -0.4 is 0 Å². The van der Waals surface area contributed by atoms with Crippen LogP contribution >= 0.6 is 0 Å². The van der Waals surface area contributed by atoms with Crippen LogP contribution in [-0.2, 0) is 4.43 Å². The van der Waals surface area contributed by atoms with Gasteiger partial charge in [0.2, 0.25) is 0 Å². The molecule has 0 spiro atoms. The molecule has 0 saturated heterocycles. The second-order valence-electron chi connectivity index (χ2n) is 6.25. The van der Waals surface area contributed by atoms with Gasteiger partial charge in [-0.3, -0.25) is 0 Å². The maximum Gasteiger partial charge on any atom is 0.192 e. The molecule has 1 unspecified atom stereocenters. The minimum Gasteiger partial charge on any atom is -0.411 e. The molecular weight excluding hydrogens is 212 g/mol. The van der Waals surface area contributed by atoms with Crippen molar-refractivity contribution in [3.8, 4) is 0 Å². The van der Waals surface area contributed by atoms with E-state index in [-0.39, 0.29) is 0 Å². The van der Waals surface area contributed by atoms with Gasteiger partial charge in [0.15, 0.2) is 8.32 Å². The first-order valence-electron chi connectivity index (χ1n) is 6.27. The second-order valence-corrected chi connectivity index (χ2v) is 11.0.